The van der Waals surface area contributed by atoms with Crippen LogP contribution in [0.4, 0.5) is 0 Å². The molecule has 3 rings (SSSR count). The fraction of sp³-hybridized carbons (Fsp3) is 0.800. The van der Waals surface area contributed by atoms with Crippen LogP contribution in [0.15, 0.2) is 10.7 Å². The molecule has 0 radical (unpaired) electrons. The highest BCUT2D eigenvalue weighted by Gasteiger charge is 2.24. The maximum Gasteiger partial charge on any atom is 0.140 e. The molecule has 0 amide bonds. The van der Waals surface area contributed by atoms with Crippen LogP contribution >= 0.6 is 0 Å². The van der Waals surface area contributed by atoms with Crippen LogP contribution in [0.25, 0.3) is 0 Å². The van der Waals surface area contributed by atoms with Crippen LogP contribution in [0.2, 0.25) is 0 Å². The molecule has 1 aromatic rings. The summed E-state index contributed by atoms with van der Waals surface area (Å²) in [5.41, 5.74) is 1.42. The van der Waals surface area contributed by atoms with Crippen molar-refractivity contribution < 1.29 is 4.52 Å². The zero-order valence-corrected chi connectivity index (χ0v) is 11.2. The predicted octanol–water partition coefficient (Wildman–Crippen LogP) is 3.26. The first kappa shape index (κ1) is 12.2. The van der Waals surface area contributed by atoms with Crippen LogP contribution in [-0.2, 0) is 6.42 Å². The lowest BCUT2D eigenvalue weighted by Gasteiger charge is -2.14. The monoisotopic (exact) mass is 248 g/mol. The molecule has 1 aliphatic carbocycles. The van der Waals surface area contributed by atoms with Crippen molar-refractivity contribution in [1.29, 1.82) is 0 Å². The van der Waals surface area contributed by atoms with Crippen LogP contribution < -0.4 is 5.32 Å². The fourth-order valence-corrected chi connectivity index (χ4v) is 3.50. The van der Waals surface area contributed by atoms with Crippen LogP contribution in [0.5, 0.6) is 0 Å². The van der Waals surface area contributed by atoms with Gasteiger partial charge in [-0.2, -0.15) is 0 Å². The van der Waals surface area contributed by atoms with Gasteiger partial charge >= 0.3 is 0 Å². The maximum atomic E-state index is 5.54. The van der Waals surface area contributed by atoms with E-state index in [0.717, 1.165) is 25.4 Å². The van der Waals surface area contributed by atoms with Crippen molar-refractivity contribution in [3.8, 4) is 0 Å². The molecule has 0 aromatic carbocycles. The highest BCUT2D eigenvalue weighted by Crippen LogP contribution is 2.34. The van der Waals surface area contributed by atoms with Gasteiger partial charge in [0.2, 0.25) is 0 Å². The van der Waals surface area contributed by atoms with Crippen molar-refractivity contribution >= 4 is 0 Å². The topological polar surface area (TPSA) is 38.1 Å². The van der Waals surface area contributed by atoms with Gasteiger partial charge in [-0.1, -0.05) is 30.8 Å². The summed E-state index contributed by atoms with van der Waals surface area (Å²) in [5.74, 6) is 2.64. The number of hydrogen-bond donors (Lipinski definition) is 1. The number of aromatic nitrogens is 1. The summed E-state index contributed by atoms with van der Waals surface area (Å²) >= 11 is 0. The van der Waals surface area contributed by atoms with Crippen LogP contribution in [-0.4, -0.2) is 18.2 Å². The lowest BCUT2D eigenvalue weighted by molar-refractivity contribution is 0.359. The minimum Gasteiger partial charge on any atom is -0.361 e. The highest BCUT2D eigenvalue weighted by atomic mass is 16.5. The molecular formula is C15H24N2O. The average molecular weight is 248 g/mol. The van der Waals surface area contributed by atoms with Crippen molar-refractivity contribution in [3.05, 3.63) is 17.5 Å². The number of nitrogens with zero attached hydrogens (tertiary/aromatic N) is 1. The Hall–Kier alpha value is -0.830. The third-order valence-corrected chi connectivity index (χ3v) is 4.61. The van der Waals surface area contributed by atoms with Crippen LogP contribution in [0, 0.1) is 5.92 Å². The fourth-order valence-electron chi connectivity index (χ4n) is 3.50. The largest absolute Gasteiger partial charge is 0.361 e. The minimum absolute atomic E-state index is 0.711. The highest BCUT2D eigenvalue weighted by molar-refractivity contribution is 5.20. The van der Waals surface area contributed by atoms with E-state index in [0.29, 0.717) is 5.92 Å². The van der Waals surface area contributed by atoms with Crippen LogP contribution in [0.3, 0.4) is 0 Å². The summed E-state index contributed by atoms with van der Waals surface area (Å²) in [5, 5.41) is 7.51. The first-order chi connectivity index (χ1) is 8.93. The first-order valence-electron chi connectivity index (χ1n) is 7.57. The average Bonchev–Trinajstić information content (AvgIpc) is 2.97. The summed E-state index contributed by atoms with van der Waals surface area (Å²) in [6.07, 6.45) is 12.6. The van der Waals surface area contributed by atoms with Gasteiger partial charge in [-0.15, -0.1) is 0 Å². The van der Waals surface area contributed by atoms with Crippen molar-refractivity contribution in [2.75, 3.05) is 13.1 Å². The molecule has 0 spiro atoms. The summed E-state index contributed by atoms with van der Waals surface area (Å²) in [6, 6.07) is 0. The SMILES string of the molecule is c1noc(CC2CCNC2)c1C1CCCCCC1. The van der Waals surface area contributed by atoms with Gasteiger partial charge < -0.3 is 9.84 Å². The molecule has 1 N–H and O–H groups in total. The van der Waals surface area contributed by atoms with Gasteiger partial charge in [0.05, 0.1) is 6.20 Å². The first-order valence-corrected chi connectivity index (χ1v) is 7.57. The third kappa shape index (κ3) is 2.77. The van der Waals surface area contributed by atoms with Crippen molar-refractivity contribution in [2.24, 2.45) is 5.92 Å². The molecule has 1 aliphatic heterocycles. The predicted molar refractivity (Wildman–Crippen MR) is 71.6 cm³/mol. The molecule has 3 heteroatoms. The second-order valence-corrected chi connectivity index (χ2v) is 5.96. The van der Waals surface area contributed by atoms with E-state index in [1.54, 1.807) is 0 Å². The zero-order chi connectivity index (χ0) is 12.2. The van der Waals surface area contributed by atoms with Gasteiger partial charge in [0.25, 0.3) is 0 Å². The Morgan fingerprint density at radius 1 is 1.17 bits per heavy atom. The normalized spacial score (nSPS) is 26.3. The number of hydrogen-bond acceptors (Lipinski definition) is 3. The molecule has 18 heavy (non-hydrogen) atoms. The van der Waals surface area contributed by atoms with Gasteiger partial charge in [0.1, 0.15) is 5.76 Å². The molecule has 1 atom stereocenters. The Morgan fingerprint density at radius 3 is 2.72 bits per heavy atom. The lowest BCUT2D eigenvalue weighted by atomic mass is 9.90. The van der Waals surface area contributed by atoms with Gasteiger partial charge in [-0.05, 0) is 44.2 Å². The molecule has 3 nitrogen and oxygen atoms in total. The smallest absolute Gasteiger partial charge is 0.140 e. The van der Waals surface area contributed by atoms with E-state index in [2.05, 4.69) is 10.5 Å². The van der Waals surface area contributed by atoms with Gasteiger partial charge in [0.15, 0.2) is 0 Å². The Labute approximate surface area is 109 Å². The molecule has 2 heterocycles. The van der Waals surface area contributed by atoms with Crippen molar-refractivity contribution in [3.63, 3.8) is 0 Å². The molecule has 0 bridgehead atoms. The lowest BCUT2D eigenvalue weighted by Crippen LogP contribution is -2.11. The second-order valence-electron chi connectivity index (χ2n) is 5.96. The van der Waals surface area contributed by atoms with E-state index in [4.69, 9.17) is 4.52 Å². The Morgan fingerprint density at radius 2 is 2.00 bits per heavy atom. The third-order valence-electron chi connectivity index (χ3n) is 4.61. The molecule has 2 aliphatic rings. The van der Waals surface area contributed by atoms with Crippen molar-refractivity contribution in [1.82, 2.24) is 10.5 Å². The van der Waals surface area contributed by atoms with Gasteiger partial charge in [-0.25, -0.2) is 0 Å². The Balaban J connectivity index is 1.69. The number of rotatable bonds is 3. The molecule has 1 saturated heterocycles. The summed E-state index contributed by atoms with van der Waals surface area (Å²) in [7, 11) is 0. The minimum atomic E-state index is 0.711. The summed E-state index contributed by atoms with van der Waals surface area (Å²) in [6.45, 7) is 2.31. The molecular weight excluding hydrogens is 224 g/mol. The maximum absolute atomic E-state index is 5.54. The van der Waals surface area contributed by atoms with Crippen LogP contribution in [0.1, 0.15) is 62.2 Å². The van der Waals surface area contributed by atoms with E-state index in [1.807, 2.05) is 6.20 Å². The molecule has 100 valence electrons. The van der Waals surface area contributed by atoms with Gasteiger partial charge in [-0.3, -0.25) is 0 Å². The van der Waals surface area contributed by atoms with E-state index in [9.17, 15) is 0 Å². The summed E-state index contributed by atoms with van der Waals surface area (Å²) in [4.78, 5) is 0. The standard InChI is InChI=1S/C15H24N2O/c1-2-4-6-13(5-3-1)14-11-17-18-15(14)9-12-7-8-16-10-12/h11-13,16H,1-10H2. The molecule has 2 fully saturated rings. The second kappa shape index (κ2) is 5.87. The van der Waals surface area contributed by atoms with E-state index in [1.165, 1.54) is 56.3 Å². The van der Waals surface area contributed by atoms with E-state index in [-0.39, 0.29) is 0 Å². The zero-order valence-electron chi connectivity index (χ0n) is 11.2. The number of nitrogens with one attached hydrogen (secondary N) is 1. The molecule has 1 aromatic heterocycles. The quantitative estimate of drug-likeness (QED) is 0.834. The van der Waals surface area contributed by atoms with E-state index < -0.39 is 0 Å². The summed E-state index contributed by atoms with van der Waals surface area (Å²) < 4.78 is 5.54. The van der Waals surface area contributed by atoms with E-state index >= 15 is 0 Å². The van der Waals surface area contributed by atoms with Crippen molar-refractivity contribution in [2.45, 2.75) is 57.3 Å². The molecule has 1 unspecified atom stereocenters. The van der Waals surface area contributed by atoms with Gasteiger partial charge in [0, 0.05) is 12.0 Å². The molecule has 1 saturated carbocycles. The Bertz CT molecular complexity index is 360. The Kier molecular flexibility index (Phi) is 3.99.